The van der Waals surface area contributed by atoms with Crippen LogP contribution in [0.2, 0.25) is 10.0 Å². The summed E-state index contributed by atoms with van der Waals surface area (Å²) in [6.07, 6.45) is 4.28. The third kappa shape index (κ3) is 4.71. The van der Waals surface area contributed by atoms with Crippen molar-refractivity contribution in [2.45, 2.75) is 49.8 Å². The first-order valence-corrected chi connectivity index (χ1v) is 13.8. The van der Waals surface area contributed by atoms with Crippen molar-refractivity contribution in [2.24, 2.45) is 7.05 Å². The van der Waals surface area contributed by atoms with E-state index in [1.807, 2.05) is 0 Å². The number of fused-ring (bicyclic) bond motifs is 1. The van der Waals surface area contributed by atoms with E-state index in [4.69, 9.17) is 27.9 Å². The van der Waals surface area contributed by atoms with Gasteiger partial charge in [-0.2, -0.15) is 5.10 Å². The predicted octanol–water partition coefficient (Wildman–Crippen LogP) is 4.91. The van der Waals surface area contributed by atoms with Gasteiger partial charge >= 0.3 is 0 Å². The van der Waals surface area contributed by atoms with E-state index in [-0.39, 0.29) is 23.2 Å². The minimum absolute atomic E-state index is 0.0194. The number of hydrogen-bond donors (Lipinski definition) is 2. The van der Waals surface area contributed by atoms with Crippen LogP contribution in [0.1, 0.15) is 58.1 Å². The third-order valence-corrected chi connectivity index (χ3v) is 8.34. The maximum absolute atomic E-state index is 16.6. The lowest BCUT2D eigenvalue weighted by molar-refractivity contribution is -0.191. The van der Waals surface area contributed by atoms with E-state index < -0.39 is 35.3 Å². The van der Waals surface area contributed by atoms with Crippen molar-refractivity contribution in [1.82, 2.24) is 19.7 Å². The summed E-state index contributed by atoms with van der Waals surface area (Å²) in [6.45, 7) is 1.50. The Bertz CT molecular complexity index is 1620. The largest absolute Gasteiger partial charge is 0.393 e. The summed E-state index contributed by atoms with van der Waals surface area (Å²) in [6, 6.07) is 12.8. The molecule has 3 heterocycles. The van der Waals surface area contributed by atoms with Crippen LogP contribution in [0.5, 0.6) is 0 Å². The molecule has 0 spiro atoms. The second-order valence-electron chi connectivity index (χ2n) is 10.7. The Morgan fingerprint density at radius 1 is 1.10 bits per heavy atom. The molecule has 1 aliphatic carbocycles. The zero-order valence-electron chi connectivity index (χ0n) is 22.3. The predicted molar refractivity (Wildman–Crippen MR) is 150 cm³/mol. The van der Waals surface area contributed by atoms with Crippen molar-refractivity contribution >= 4 is 29.1 Å². The Kier molecular flexibility index (Phi) is 6.91. The van der Waals surface area contributed by atoms with E-state index in [1.165, 1.54) is 41.0 Å². The van der Waals surface area contributed by atoms with Crippen molar-refractivity contribution in [3.63, 3.8) is 0 Å². The maximum atomic E-state index is 16.6. The van der Waals surface area contributed by atoms with Crippen LogP contribution in [0, 0.1) is 5.82 Å². The normalized spacial score (nSPS) is 23.3. The molecule has 1 fully saturated rings. The molecule has 2 N–H and O–H groups in total. The van der Waals surface area contributed by atoms with Gasteiger partial charge in [-0.3, -0.25) is 19.4 Å². The van der Waals surface area contributed by atoms with Crippen LogP contribution in [0.25, 0.3) is 0 Å². The van der Waals surface area contributed by atoms with Crippen LogP contribution < -0.4 is 0 Å². The number of aliphatic hydroxyl groups is 2. The number of ether oxygens (including phenoxy) is 1. The first kappa shape index (κ1) is 27.8. The Balaban J connectivity index is 1.57. The van der Waals surface area contributed by atoms with Crippen molar-refractivity contribution in [3.8, 4) is 0 Å². The number of aryl methyl sites for hydroxylation is 1. The number of halogens is 3. The number of benzene rings is 2. The van der Waals surface area contributed by atoms with E-state index >= 15 is 4.39 Å². The van der Waals surface area contributed by atoms with Crippen molar-refractivity contribution in [1.29, 1.82) is 0 Å². The van der Waals surface area contributed by atoms with Gasteiger partial charge in [-0.15, -0.1) is 0 Å². The van der Waals surface area contributed by atoms with Crippen LogP contribution >= 0.6 is 23.2 Å². The minimum Gasteiger partial charge on any atom is -0.393 e. The molecule has 41 heavy (non-hydrogen) atoms. The molecule has 212 valence electrons. The summed E-state index contributed by atoms with van der Waals surface area (Å²) in [5, 5.41) is 26.6. The van der Waals surface area contributed by atoms with E-state index in [2.05, 4.69) is 10.1 Å². The lowest BCUT2D eigenvalue weighted by Gasteiger charge is -2.45. The highest BCUT2D eigenvalue weighted by Crippen LogP contribution is 2.50. The van der Waals surface area contributed by atoms with Crippen LogP contribution in [0.15, 0.2) is 67.1 Å². The summed E-state index contributed by atoms with van der Waals surface area (Å²) in [5.74, 6) is -1.23. The second kappa shape index (κ2) is 10.2. The van der Waals surface area contributed by atoms with E-state index in [0.717, 1.165) is 0 Å². The SMILES string of the molecule is Cn1cc(C(C)(O)c2cc(F)c3c(c2)C(=O)N(Cc2ccc(Cl)cn2)[C@@]3(O[C@H]2C[C@H](O)C2)c2ccc(Cl)cc2)cn1. The van der Waals surface area contributed by atoms with Crippen LogP contribution in [0.3, 0.4) is 0 Å². The van der Waals surface area contributed by atoms with Crippen LogP contribution in [-0.4, -0.2) is 48.0 Å². The van der Waals surface area contributed by atoms with E-state index in [9.17, 15) is 15.0 Å². The highest BCUT2D eigenvalue weighted by Gasteiger charge is 2.56. The zero-order valence-corrected chi connectivity index (χ0v) is 23.8. The van der Waals surface area contributed by atoms with Gasteiger partial charge in [0.15, 0.2) is 0 Å². The molecule has 2 atom stereocenters. The summed E-state index contributed by atoms with van der Waals surface area (Å²) < 4.78 is 24.7. The van der Waals surface area contributed by atoms with Gasteiger partial charge in [-0.1, -0.05) is 35.3 Å². The topological polar surface area (TPSA) is 101 Å². The first-order valence-electron chi connectivity index (χ1n) is 13.1. The van der Waals surface area contributed by atoms with Gasteiger partial charge in [0.25, 0.3) is 5.91 Å². The Morgan fingerprint density at radius 2 is 1.80 bits per heavy atom. The summed E-state index contributed by atoms with van der Waals surface area (Å²) in [5.41, 5.74) is -1.66. The smallest absolute Gasteiger partial charge is 0.257 e. The number of rotatable bonds is 7. The molecule has 0 bridgehead atoms. The van der Waals surface area contributed by atoms with Crippen LogP contribution in [0.4, 0.5) is 4.39 Å². The van der Waals surface area contributed by atoms with Gasteiger partial charge < -0.3 is 14.9 Å². The molecular formula is C30H27Cl2FN4O4. The Labute approximate surface area is 245 Å². The summed E-state index contributed by atoms with van der Waals surface area (Å²) in [4.78, 5) is 20.1. The average molecular weight is 597 g/mol. The van der Waals surface area contributed by atoms with Gasteiger partial charge in [0.1, 0.15) is 11.4 Å². The number of hydrogen-bond acceptors (Lipinski definition) is 6. The Morgan fingerprint density at radius 3 is 2.41 bits per heavy atom. The van der Waals surface area contributed by atoms with Crippen molar-refractivity contribution < 1.29 is 24.1 Å². The molecule has 6 rings (SSSR count). The number of carbonyl (C=O) groups is 1. The quantitative estimate of drug-likeness (QED) is 0.314. The molecule has 0 radical (unpaired) electrons. The highest BCUT2D eigenvalue weighted by molar-refractivity contribution is 6.30. The molecule has 1 aliphatic heterocycles. The zero-order chi connectivity index (χ0) is 29.1. The first-order chi connectivity index (χ1) is 19.5. The van der Waals surface area contributed by atoms with Gasteiger partial charge in [0.05, 0.1) is 46.8 Å². The molecule has 8 nitrogen and oxygen atoms in total. The fourth-order valence-corrected chi connectivity index (χ4v) is 5.79. The highest BCUT2D eigenvalue weighted by atomic mass is 35.5. The van der Waals surface area contributed by atoms with Gasteiger partial charge in [0.2, 0.25) is 5.72 Å². The molecule has 0 saturated heterocycles. The fraction of sp³-hybridized carbons (Fsp3) is 0.300. The lowest BCUT2D eigenvalue weighted by Crippen LogP contribution is -2.51. The molecule has 1 amide bonds. The minimum atomic E-state index is -1.70. The summed E-state index contributed by atoms with van der Waals surface area (Å²) >= 11 is 12.3. The van der Waals surface area contributed by atoms with Gasteiger partial charge in [-0.25, -0.2) is 4.39 Å². The van der Waals surface area contributed by atoms with Crippen molar-refractivity contribution in [2.75, 3.05) is 0 Å². The van der Waals surface area contributed by atoms with Gasteiger partial charge in [-0.05, 0) is 61.7 Å². The number of pyridine rings is 1. The van der Waals surface area contributed by atoms with Crippen LogP contribution in [-0.2, 0) is 29.7 Å². The lowest BCUT2D eigenvalue weighted by atomic mass is 9.85. The summed E-state index contributed by atoms with van der Waals surface area (Å²) in [7, 11) is 1.71. The number of aliphatic hydroxyl groups excluding tert-OH is 1. The van der Waals surface area contributed by atoms with E-state index in [1.54, 1.807) is 49.6 Å². The molecule has 11 heteroatoms. The Hall–Kier alpha value is -3.34. The maximum Gasteiger partial charge on any atom is 0.257 e. The molecule has 1 unspecified atom stereocenters. The molecule has 2 aromatic carbocycles. The third-order valence-electron chi connectivity index (χ3n) is 7.87. The molecule has 2 aliphatic rings. The molecule has 1 saturated carbocycles. The monoisotopic (exact) mass is 596 g/mol. The number of amides is 1. The van der Waals surface area contributed by atoms with Crippen molar-refractivity contribution in [3.05, 3.63) is 116 Å². The second-order valence-corrected chi connectivity index (χ2v) is 11.6. The fourth-order valence-electron chi connectivity index (χ4n) is 5.55. The standard InChI is InChI=1S/C30H27Cl2FN4O4/c1-29(40,19-13-35-36(2)15-19)18-9-25-27(26(33)10-18)30(41-24-11-23(38)12-24,17-3-5-20(31)6-4-17)37(28(25)39)16-22-8-7-21(32)14-34-22/h3-10,13-15,23-24,38,40H,11-12,16H2,1-2H3/t23-,24-,29?,30-/m1/s1. The molecular weight excluding hydrogens is 570 g/mol. The number of nitrogens with zero attached hydrogens (tertiary/aromatic N) is 4. The van der Waals surface area contributed by atoms with Gasteiger partial charge in [0, 0.05) is 35.6 Å². The molecule has 4 aromatic rings. The number of carbonyl (C=O) groups excluding carboxylic acids is 1. The average Bonchev–Trinajstić information content (AvgIpc) is 3.46. The number of aromatic nitrogens is 3. The van der Waals surface area contributed by atoms with E-state index in [0.29, 0.717) is 39.7 Å². The molecule has 2 aromatic heterocycles.